The van der Waals surface area contributed by atoms with Crippen molar-refractivity contribution in [3.05, 3.63) is 23.8 Å². The van der Waals surface area contributed by atoms with Crippen LogP contribution in [0.1, 0.15) is 13.3 Å². The monoisotopic (exact) mass is 310 g/mol. The van der Waals surface area contributed by atoms with Crippen LogP contribution < -0.4 is 9.41 Å². The van der Waals surface area contributed by atoms with Crippen molar-refractivity contribution >= 4 is 0 Å². The summed E-state index contributed by atoms with van der Waals surface area (Å²) in [5, 5.41) is 0. The Kier molecular flexibility index (Phi) is 14.2. The molecule has 0 bridgehead atoms. The maximum atomic E-state index is 3.12. The van der Waals surface area contributed by atoms with Crippen molar-refractivity contribution in [2.24, 2.45) is 0 Å². The molecular weight excluding hydrogens is 302 g/mol. The van der Waals surface area contributed by atoms with Gasteiger partial charge in [0.1, 0.15) is 0 Å². The van der Waals surface area contributed by atoms with Crippen molar-refractivity contribution in [1.29, 1.82) is 0 Å². The van der Waals surface area contributed by atoms with Gasteiger partial charge in [0.15, 0.2) is 0 Å². The second-order valence-electron chi connectivity index (χ2n) is 1.47. The SMILES string of the molecule is CC1=[C-]CC=C1.[F-].[F-].[Ir+3]. The van der Waals surface area contributed by atoms with E-state index in [0.29, 0.717) is 0 Å². The Labute approximate surface area is 67.1 Å². The smallest absolute Gasteiger partial charge is 1.00 e. The number of allylic oxidation sites excluding steroid dienone is 4. The first-order valence-corrected chi connectivity index (χ1v) is 2.13. The third-order valence-corrected chi connectivity index (χ3v) is 0.867. The van der Waals surface area contributed by atoms with E-state index >= 15 is 0 Å². The van der Waals surface area contributed by atoms with Gasteiger partial charge < -0.3 is 9.41 Å². The van der Waals surface area contributed by atoms with Crippen molar-refractivity contribution in [2.75, 3.05) is 0 Å². The second-order valence-corrected chi connectivity index (χ2v) is 1.47. The van der Waals surface area contributed by atoms with Gasteiger partial charge in [0, 0.05) is 0 Å². The predicted octanol–water partition coefficient (Wildman–Crippen LogP) is -4.30. The fourth-order valence-electron chi connectivity index (χ4n) is 0.515. The van der Waals surface area contributed by atoms with E-state index in [-0.39, 0.29) is 29.5 Å². The van der Waals surface area contributed by atoms with Gasteiger partial charge in [-0.05, 0) is 0 Å². The van der Waals surface area contributed by atoms with E-state index in [1.165, 1.54) is 5.57 Å². The largest absolute Gasteiger partial charge is 3.00 e. The van der Waals surface area contributed by atoms with Gasteiger partial charge in [-0.25, -0.2) is 11.6 Å². The maximum Gasteiger partial charge on any atom is 3.00 e. The van der Waals surface area contributed by atoms with Gasteiger partial charge in [-0.1, -0.05) is 6.92 Å². The molecule has 0 nitrogen and oxygen atoms in total. The zero-order valence-corrected chi connectivity index (χ0v) is 7.35. The Morgan fingerprint density at radius 3 is 2.11 bits per heavy atom. The van der Waals surface area contributed by atoms with Crippen LogP contribution in [0.5, 0.6) is 0 Å². The summed E-state index contributed by atoms with van der Waals surface area (Å²) in [4.78, 5) is 0. The third-order valence-electron chi connectivity index (χ3n) is 0.867. The molecule has 0 amide bonds. The topological polar surface area (TPSA) is 0 Å². The number of hydrogen-bond donors (Lipinski definition) is 0. The van der Waals surface area contributed by atoms with Crippen LogP contribution in [0.3, 0.4) is 0 Å². The molecule has 0 fully saturated rings. The van der Waals surface area contributed by atoms with Gasteiger partial charge in [-0.2, -0.15) is 6.08 Å². The molecule has 1 rings (SSSR count). The fourth-order valence-corrected chi connectivity index (χ4v) is 0.515. The van der Waals surface area contributed by atoms with Crippen LogP contribution >= 0.6 is 0 Å². The first-order chi connectivity index (χ1) is 2.89. The van der Waals surface area contributed by atoms with Gasteiger partial charge in [0.25, 0.3) is 0 Å². The summed E-state index contributed by atoms with van der Waals surface area (Å²) in [6, 6.07) is 0. The van der Waals surface area contributed by atoms with E-state index in [4.69, 9.17) is 0 Å². The van der Waals surface area contributed by atoms with E-state index in [0.717, 1.165) is 6.42 Å². The molecule has 0 N–H and O–H groups in total. The molecule has 1 aliphatic rings. The minimum Gasteiger partial charge on any atom is -1.00 e. The molecule has 3 heteroatoms. The molecule has 54 valence electrons. The van der Waals surface area contributed by atoms with Crippen LogP contribution in [-0.2, 0) is 20.1 Å². The summed E-state index contributed by atoms with van der Waals surface area (Å²) in [5.74, 6) is 0. The molecule has 0 saturated carbocycles. The molecule has 1 aliphatic carbocycles. The minimum atomic E-state index is 0. The Balaban J connectivity index is -0.000000120. The van der Waals surface area contributed by atoms with E-state index in [9.17, 15) is 0 Å². The van der Waals surface area contributed by atoms with Crippen LogP contribution in [-0.4, -0.2) is 0 Å². The molecule has 0 heterocycles. The quantitative estimate of drug-likeness (QED) is 0.397. The van der Waals surface area contributed by atoms with Gasteiger partial charge in [-0.3, -0.25) is 6.08 Å². The zero-order chi connectivity index (χ0) is 4.41. The Morgan fingerprint density at radius 1 is 1.44 bits per heavy atom. The first kappa shape index (κ1) is 16.0. The van der Waals surface area contributed by atoms with Crippen molar-refractivity contribution in [1.82, 2.24) is 0 Å². The van der Waals surface area contributed by atoms with Gasteiger partial charge in [-0.15, -0.1) is 6.42 Å². The standard InChI is InChI=1S/C6H7.2FH.Ir/c1-6-4-2-3-5-6;;;/h2,4H,3H2,1H3;2*1H;/q-1;;;+3/p-2. The Hall–Kier alpha value is -0.0106. The predicted molar refractivity (Wildman–Crippen MR) is 26.2 cm³/mol. The van der Waals surface area contributed by atoms with Crippen molar-refractivity contribution in [3.63, 3.8) is 0 Å². The summed E-state index contributed by atoms with van der Waals surface area (Å²) < 4.78 is 0. The molecule has 0 aromatic heterocycles. The molecule has 0 saturated heterocycles. The molecule has 0 aliphatic heterocycles. The molecule has 0 unspecified atom stereocenters. The van der Waals surface area contributed by atoms with E-state index in [2.05, 4.69) is 25.2 Å². The van der Waals surface area contributed by atoms with Crippen LogP contribution in [0.4, 0.5) is 0 Å². The van der Waals surface area contributed by atoms with Crippen molar-refractivity contribution in [2.45, 2.75) is 13.3 Å². The van der Waals surface area contributed by atoms with Crippen LogP contribution in [0.15, 0.2) is 17.7 Å². The molecule has 0 aromatic rings. The molecule has 0 aromatic carbocycles. The fraction of sp³-hybridized carbons (Fsp3) is 0.333. The maximum absolute atomic E-state index is 3.12. The summed E-state index contributed by atoms with van der Waals surface area (Å²) >= 11 is 0. The van der Waals surface area contributed by atoms with Crippen LogP contribution in [0, 0.1) is 6.08 Å². The normalized spacial score (nSPS) is 12.3. The van der Waals surface area contributed by atoms with Gasteiger partial charge >= 0.3 is 20.1 Å². The van der Waals surface area contributed by atoms with Crippen LogP contribution in [0.25, 0.3) is 0 Å². The van der Waals surface area contributed by atoms with Crippen LogP contribution in [0.2, 0.25) is 0 Å². The van der Waals surface area contributed by atoms with E-state index in [1.54, 1.807) is 0 Å². The molecular formula is C6H7F2Ir. The summed E-state index contributed by atoms with van der Waals surface area (Å²) in [6.45, 7) is 2.06. The number of rotatable bonds is 0. The molecule has 9 heavy (non-hydrogen) atoms. The average molecular weight is 309 g/mol. The van der Waals surface area contributed by atoms with E-state index in [1.807, 2.05) is 0 Å². The third kappa shape index (κ3) is 5.87. The van der Waals surface area contributed by atoms with Crippen molar-refractivity contribution < 1.29 is 29.5 Å². The second kappa shape index (κ2) is 7.99. The van der Waals surface area contributed by atoms with Gasteiger partial charge in [0.2, 0.25) is 0 Å². The van der Waals surface area contributed by atoms with E-state index < -0.39 is 0 Å². The summed E-state index contributed by atoms with van der Waals surface area (Å²) in [6.07, 6.45) is 8.33. The molecule has 0 spiro atoms. The average Bonchev–Trinajstić information content (AvgIpc) is 1.86. The number of halogens is 2. The summed E-state index contributed by atoms with van der Waals surface area (Å²) in [5.41, 5.74) is 1.27. The van der Waals surface area contributed by atoms with Crippen molar-refractivity contribution in [3.8, 4) is 0 Å². The first-order valence-electron chi connectivity index (χ1n) is 2.13. The Bertz CT molecular complexity index is 105. The molecule has 0 radical (unpaired) electrons. The Morgan fingerprint density at radius 2 is 2.00 bits per heavy atom. The number of hydrogen-bond acceptors (Lipinski definition) is 0. The minimum absolute atomic E-state index is 0. The summed E-state index contributed by atoms with van der Waals surface area (Å²) in [7, 11) is 0. The molecule has 0 atom stereocenters. The van der Waals surface area contributed by atoms with Gasteiger partial charge in [0.05, 0.1) is 0 Å². The zero-order valence-electron chi connectivity index (χ0n) is 4.95.